The largest absolute Gasteiger partial charge is 0.399 e. The van der Waals surface area contributed by atoms with Crippen molar-refractivity contribution in [1.29, 1.82) is 0 Å². The molecule has 0 saturated heterocycles. The number of nitrogens with two attached hydrogens (primary N) is 1. The van der Waals surface area contributed by atoms with Crippen LogP contribution in [-0.2, 0) is 14.8 Å². The maximum absolute atomic E-state index is 11.9. The van der Waals surface area contributed by atoms with E-state index in [1.54, 1.807) is 20.2 Å². The van der Waals surface area contributed by atoms with Crippen LogP contribution >= 0.6 is 0 Å². The maximum Gasteiger partial charge on any atom is 0.242 e. The number of sulfonamides is 1. The number of nitrogen functional groups attached to an aromatic ring is 1. The molecule has 0 unspecified atom stereocenters. The van der Waals surface area contributed by atoms with Gasteiger partial charge in [-0.05, 0) is 25.2 Å². The average molecular weight is 286 g/mol. The Labute approximate surface area is 112 Å². The van der Waals surface area contributed by atoms with Crippen LogP contribution < -0.4 is 15.8 Å². The highest BCUT2D eigenvalue weighted by molar-refractivity contribution is 7.89. The third kappa shape index (κ3) is 3.83. The molecule has 0 aromatic heterocycles. The molecule has 0 radical (unpaired) electrons. The normalized spacial score (nSPS) is 11.1. The van der Waals surface area contributed by atoms with E-state index in [0.29, 0.717) is 11.4 Å². The molecular weight excluding hydrogens is 268 g/mol. The minimum atomic E-state index is -3.64. The lowest BCUT2D eigenvalue weighted by Gasteiger charge is -2.15. The van der Waals surface area contributed by atoms with Gasteiger partial charge in [-0.3, -0.25) is 4.79 Å². The first-order chi connectivity index (χ1) is 8.77. The van der Waals surface area contributed by atoms with Crippen molar-refractivity contribution in [3.05, 3.63) is 18.2 Å². The number of hydrogen-bond donors (Lipinski definition) is 3. The van der Waals surface area contributed by atoms with E-state index in [9.17, 15) is 13.2 Å². The lowest BCUT2D eigenvalue weighted by molar-refractivity contribution is -0.126. The fraction of sp³-hybridized carbons (Fsp3) is 0.364. The Kier molecular flexibility index (Phi) is 4.73. The first kappa shape index (κ1) is 15.3. The summed E-state index contributed by atoms with van der Waals surface area (Å²) >= 11 is 0. The number of hydrogen-bond acceptors (Lipinski definition) is 5. The first-order valence-electron chi connectivity index (χ1n) is 5.55. The van der Waals surface area contributed by atoms with Gasteiger partial charge >= 0.3 is 0 Å². The van der Waals surface area contributed by atoms with Gasteiger partial charge in [0.05, 0.1) is 12.2 Å². The number of nitrogens with zero attached hydrogens (tertiary/aromatic N) is 1. The second-order valence-electron chi connectivity index (χ2n) is 4.10. The number of carbonyl (C=O) groups excluding carboxylic acids is 1. The Morgan fingerprint density at radius 3 is 2.53 bits per heavy atom. The number of benzene rings is 1. The first-order valence-corrected chi connectivity index (χ1v) is 7.03. The van der Waals surface area contributed by atoms with E-state index in [1.807, 2.05) is 0 Å². The molecule has 0 atom stereocenters. The van der Waals surface area contributed by atoms with E-state index >= 15 is 0 Å². The van der Waals surface area contributed by atoms with Crippen LogP contribution in [0.3, 0.4) is 0 Å². The highest BCUT2D eigenvalue weighted by atomic mass is 32.2. The molecule has 0 aliphatic rings. The van der Waals surface area contributed by atoms with Gasteiger partial charge in [0.15, 0.2) is 0 Å². The summed E-state index contributed by atoms with van der Waals surface area (Å²) < 4.78 is 25.9. The Morgan fingerprint density at radius 2 is 2.00 bits per heavy atom. The lowest BCUT2D eigenvalue weighted by Crippen LogP contribution is -2.29. The molecule has 4 N–H and O–H groups in total. The smallest absolute Gasteiger partial charge is 0.242 e. The summed E-state index contributed by atoms with van der Waals surface area (Å²) in [6.07, 6.45) is 0. The fourth-order valence-corrected chi connectivity index (χ4v) is 2.29. The molecule has 0 aliphatic carbocycles. The Hall–Kier alpha value is -1.80. The summed E-state index contributed by atoms with van der Waals surface area (Å²) in [5.41, 5.74) is 6.25. The summed E-state index contributed by atoms with van der Waals surface area (Å²) in [5.74, 6) is -0.162. The van der Waals surface area contributed by atoms with Gasteiger partial charge in [-0.15, -0.1) is 0 Å². The van der Waals surface area contributed by atoms with Gasteiger partial charge in [0.1, 0.15) is 4.90 Å². The molecule has 106 valence electrons. The van der Waals surface area contributed by atoms with Crippen LogP contribution in [0.2, 0.25) is 0 Å². The number of carbonyl (C=O) groups is 1. The van der Waals surface area contributed by atoms with E-state index in [1.165, 1.54) is 24.1 Å². The van der Waals surface area contributed by atoms with Crippen molar-refractivity contribution in [2.75, 3.05) is 38.7 Å². The predicted molar refractivity (Wildman–Crippen MR) is 74.3 cm³/mol. The van der Waals surface area contributed by atoms with Crippen LogP contribution in [-0.4, -0.2) is 46.9 Å². The number of likely N-dealkylation sites (N-methyl/N-ethyl adjacent to an activating group) is 1. The molecule has 1 rings (SSSR count). The maximum atomic E-state index is 11.9. The molecule has 1 amide bonds. The SMILES string of the molecule is CNS(=O)(=O)c1cc(N)ccc1NCC(=O)N(C)C. The Morgan fingerprint density at radius 1 is 1.37 bits per heavy atom. The molecule has 8 heteroatoms. The standard InChI is InChI=1S/C11H18N4O3S/c1-13-19(17,18)10-6-8(12)4-5-9(10)14-7-11(16)15(2)3/h4-6,13-14H,7,12H2,1-3H3. The van der Waals surface area contributed by atoms with Crippen LogP contribution in [0.1, 0.15) is 0 Å². The quantitative estimate of drug-likeness (QED) is 0.643. The Bertz CT molecular complexity index is 569. The van der Waals surface area contributed by atoms with E-state index in [0.717, 1.165) is 0 Å². The van der Waals surface area contributed by atoms with E-state index in [2.05, 4.69) is 10.0 Å². The molecule has 19 heavy (non-hydrogen) atoms. The van der Waals surface area contributed by atoms with E-state index in [4.69, 9.17) is 5.73 Å². The summed E-state index contributed by atoms with van der Waals surface area (Å²) in [6.45, 7) is 0.00313. The van der Waals surface area contributed by atoms with Crippen LogP contribution in [0.5, 0.6) is 0 Å². The average Bonchev–Trinajstić information content (AvgIpc) is 2.36. The van der Waals surface area contributed by atoms with Gasteiger partial charge in [0, 0.05) is 19.8 Å². The van der Waals surface area contributed by atoms with Gasteiger partial charge in [-0.25, -0.2) is 13.1 Å². The highest BCUT2D eigenvalue weighted by Gasteiger charge is 2.17. The molecule has 0 spiro atoms. The zero-order valence-electron chi connectivity index (χ0n) is 11.1. The van der Waals surface area contributed by atoms with Crippen molar-refractivity contribution in [2.45, 2.75) is 4.90 Å². The molecule has 1 aromatic carbocycles. The molecule has 0 heterocycles. The minimum Gasteiger partial charge on any atom is -0.399 e. The topological polar surface area (TPSA) is 105 Å². The third-order valence-electron chi connectivity index (χ3n) is 2.49. The molecule has 0 bridgehead atoms. The summed E-state index contributed by atoms with van der Waals surface area (Å²) in [5, 5.41) is 2.80. The summed E-state index contributed by atoms with van der Waals surface area (Å²) in [7, 11) is 0.922. The van der Waals surface area contributed by atoms with E-state index < -0.39 is 10.0 Å². The second-order valence-corrected chi connectivity index (χ2v) is 5.96. The number of amides is 1. The minimum absolute atomic E-state index is 0.00313. The molecule has 0 aliphatic heterocycles. The highest BCUT2D eigenvalue weighted by Crippen LogP contribution is 2.23. The van der Waals surface area contributed by atoms with Crippen molar-refractivity contribution in [1.82, 2.24) is 9.62 Å². The van der Waals surface area contributed by atoms with Crippen molar-refractivity contribution in [3.63, 3.8) is 0 Å². The van der Waals surface area contributed by atoms with Crippen LogP contribution in [0.4, 0.5) is 11.4 Å². The fourth-order valence-electron chi connectivity index (χ4n) is 1.35. The van der Waals surface area contributed by atoms with Gasteiger partial charge in [0.2, 0.25) is 15.9 Å². The van der Waals surface area contributed by atoms with Crippen LogP contribution in [0, 0.1) is 0 Å². The summed E-state index contributed by atoms with van der Waals surface area (Å²) in [6, 6.07) is 4.44. The van der Waals surface area contributed by atoms with Gasteiger partial charge in [-0.2, -0.15) is 0 Å². The molecule has 0 saturated carbocycles. The molecular formula is C11H18N4O3S. The third-order valence-corrected chi connectivity index (χ3v) is 3.95. The van der Waals surface area contributed by atoms with Gasteiger partial charge in [0.25, 0.3) is 0 Å². The lowest BCUT2D eigenvalue weighted by atomic mass is 10.3. The van der Waals surface area contributed by atoms with Crippen molar-refractivity contribution < 1.29 is 13.2 Å². The predicted octanol–water partition coefficient (Wildman–Crippen LogP) is -0.323. The van der Waals surface area contributed by atoms with Crippen molar-refractivity contribution >= 4 is 27.3 Å². The van der Waals surface area contributed by atoms with Crippen LogP contribution in [0.25, 0.3) is 0 Å². The second kappa shape index (κ2) is 5.89. The zero-order chi connectivity index (χ0) is 14.6. The van der Waals surface area contributed by atoms with Gasteiger partial charge < -0.3 is 16.0 Å². The van der Waals surface area contributed by atoms with Crippen molar-refractivity contribution in [2.24, 2.45) is 0 Å². The Balaban J connectivity index is 3.05. The number of anilines is 2. The number of rotatable bonds is 5. The van der Waals surface area contributed by atoms with Crippen LogP contribution in [0.15, 0.2) is 23.1 Å². The summed E-state index contributed by atoms with van der Waals surface area (Å²) in [4.78, 5) is 12.9. The molecule has 7 nitrogen and oxygen atoms in total. The molecule has 1 aromatic rings. The molecule has 0 fully saturated rings. The van der Waals surface area contributed by atoms with Crippen molar-refractivity contribution in [3.8, 4) is 0 Å². The zero-order valence-corrected chi connectivity index (χ0v) is 11.9. The van der Waals surface area contributed by atoms with E-state index in [-0.39, 0.29) is 17.3 Å². The monoisotopic (exact) mass is 286 g/mol. The van der Waals surface area contributed by atoms with Gasteiger partial charge in [-0.1, -0.05) is 0 Å². The number of nitrogens with one attached hydrogen (secondary N) is 2.